The number of benzene rings is 1. The summed E-state index contributed by atoms with van der Waals surface area (Å²) in [5.41, 5.74) is 2.67. The Bertz CT molecular complexity index is 528. The summed E-state index contributed by atoms with van der Waals surface area (Å²) in [7, 11) is 0. The fourth-order valence-electron chi connectivity index (χ4n) is 3.05. The predicted molar refractivity (Wildman–Crippen MR) is 76.7 cm³/mol. The summed E-state index contributed by atoms with van der Waals surface area (Å²) >= 11 is 0. The molecule has 1 saturated heterocycles. The van der Waals surface area contributed by atoms with Crippen molar-refractivity contribution in [1.29, 1.82) is 0 Å². The van der Waals surface area contributed by atoms with Gasteiger partial charge in [-0.1, -0.05) is 18.2 Å². The molecule has 0 bridgehead atoms. The van der Waals surface area contributed by atoms with Crippen LogP contribution in [0.1, 0.15) is 18.9 Å². The lowest BCUT2D eigenvalue weighted by Gasteiger charge is -2.25. The van der Waals surface area contributed by atoms with Crippen LogP contribution in [0.25, 0.3) is 0 Å². The number of nitrogens with one attached hydrogen (secondary N) is 1. The Labute approximate surface area is 118 Å². The summed E-state index contributed by atoms with van der Waals surface area (Å²) < 4.78 is 0. The van der Waals surface area contributed by atoms with E-state index in [2.05, 4.69) is 41.4 Å². The van der Waals surface area contributed by atoms with Crippen molar-refractivity contribution in [2.45, 2.75) is 25.8 Å². The molecular formula is C15H19N3O2. The van der Waals surface area contributed by atoms with Gasteiger partial charge in [-0.2, -0.15) is 0 Å². The molecule has 1 atom stereocenters. The van der Waals surface area contributed by atoms with Crippen LogP contribution in [0.4, 0.5) is 10.5 Å². The highest BCUT2D eigenvalue weighted by atomic mass is 16.2. The van der Waals surface area contributed by atoms with E-state index in [0.717, 1.165) is 19.4 Å². The first-order valence-corrected chi connectivity index (χ1v) is 7.09. The molecule has 1 aromatic carbocycles. The molecule has 5 heteroatoms. The van der Waals surface area contributed by atoms with E-state index in [0.29, 0.717) is 12.6 Å². The molecule has 5 nitrogen and oxygen atoms in total. The lowest BCUT2D eigenvalue weighted by Crippen LogP contribution is -2.36. The Kier molecular flexibility index (Phi) is 3.34. The number of nitrogens with zero attached hydrogens (tertiary/aromatic N) is 2. The fraction of sp³-hybridized carbons (Fsp3) is 0.467. The van der Waals surface area contributed by atoms with Crippen molar-refractivity contribution in [3.63, 3.8) is 0 Å². The molecular weight excluding hydrogens is 254 g/mol. The van der Waals surface area contributed by atoms with Crippen LogP contribution in [0.3, 0.4) is 0 Å². The predicted octanol–water partition coefficient (Wildman–Crippen LogP) is 1.38. The molecule has 3 amide bonds. The molecule has 0 radical (unpaired) electrons. The summed E-state index contributed by atoms with van der Waals surface area (Å²) in [4.78, 5) is 26.6. The van der Waals surface area contributed by atoms with Crippen molar-refractivity contribution in [2.75, 3.05) is 24.5 Å². The van der Waals surface area contributed by atoms with Gasteiger partial charge in [0, 0.05) is 24.8 Å². The Hall–Kier alpha value is -2.04. The maximum atomic E-state index is 11.5. The van der Waals surface area contributed by atoms with Gasteiger partial charge in [0.2, 0.25) is 5.91 Å². The van der Waals surface area contributed by atoms with Gasteiger partial charge in [0.1, 0.15) is 0 Å². The van der Waals surface area contributed by atoms with E-state index < -0.39 is 0 Å². The molecule has 0 aromatic heterocycles. The van der Waals surface area contributed by atoms with Gasteiger partial charge in [-0.15, -0.1) is 0 Å². The number of para-hydroxylation sites is 1. The fourth-order valence-corrected chi connectivity index (χ4v) is 3.05. The van der Waals surface area contributed by atoms with Crippen LogP contribution in [0.2, 0.25) is 0 Å². The average Bonchev–Trinajstić information content (AvgIpc) is 2.92. The zero-order valence-electron chi connectivity index (χ0n) is 11.6. The van der Waals surface area contributed by atoms with Crippen LogP contribution in [0.5, 0.6) is 0 Å². The normalized spacial score (nSPS) is 21.4. The Morgan fingerprint density at radius 1 is 1.25 bits per heavy atom. The number of carbonyl (C=O) groups is 2. The van der Waals surface area contributed by atoms with Crippen molar-refractivity contribution in [2.24, 2.45) is 0 Å². The molecule has 3 rings (SSSR count). The molecule has 0 unspecified atom stereocenters. The van der Waals surface area contributed by atoms with Gasteiger partial charge < -0.3 is 10.2 Å². The number of hydrogen-bond donors (Lipinski definition) is 1. The highest BCUT2D eigenvalue weighted by molar-refractivity contribution is 6.01. The van der Waals surface area contributed by atoms with Crippen LogP contribution < -0.4 is 10.2 Å². The summed E-state index contributed by atoms with van der Waals surface area (Å²) in [6.45, 7) is 3.72. The van der Waals surface area contributed by atoms with Crippen LogP contribution in [0, 0.1) is 0 Å². The number of carbonyl (C=O) groups excluding carboxylic acids is 2. The van der Waals surface area contributed by atoms with E-state index >= 15 is 0 Å². The Morgan fingerprint density at radius 3 is 2.80 bits per heavy atom. The zero-order chi connectivity index (χ0) is 14.1. The number of hydrogen-bond acceptors (Lipinski definition) is 3. The highest BCUT2D eigenvalue weighted by Gasteiger charge is 2.29. The van der Waals surface area contributed by atoms with Crippen molar-refractivity contribution in [3.05, 3.63) is 29.8 Å². The third kappa shape index (κ3) is 2.24. The minimum atomic E-state index is -0.259. The maximum Gasteiger partial charge on any atom is 0.324 e. The third-order valence-electron chi connectivity index (χ3n) is 4.07. The van der Waals surface area contributed by atoms with Gasteiger partial charge >= 0.3 is 6.03 Å². The highest BCUT2D eigenvalue weighted by Crippen LogP contribution is 2.31. The lowest BCUT2D eigenvalue weighted by atomic mass is 10.1. The monoisotopic (exact) mass is 273 g/mol. The van der Waals surface area contributed by atoms with Gasteiger partial charge in [0.15, 0.2) is 0 Å². The first kappa shape index (κ1) is 13.0. The second-order valence-corrected chi connectivity index (χ2v) is 5.43. The summed E-state index contributed by atoms with van der Waals surface area (Å²) in [6, 6.07) is 8.67. The minimum Gasteiger partial charge on any atom is -0.368 e. The molecule has 2 aliphatic heterocycles. The summed E-state index contributed by atoms with van der Waals surface area (Å²) in [6.07, 6.45) is 1.87. The quantitative estimate of drug-likeness (QED) is 0.843. The number of amides is 3. The van der Waals surface area contributed by atoms with Crippen LogP contribution in [-0.4, -0.2) is 42.5 Å². The zero-order valence-corrected chi connectivity index (χ0v) is 11.6. The number of rotatable bonds is 4. The first-order chi connectivity index (χ1) is 9.66. The SMILES string of the molecule is C[C@@H]1Cc2ccccc2N1CCCN1C(=O)CNC1=O. The molecule has 2 heterocycles. The first-order valence-electron chi connectivity index (χ1n) is 7.09. The number of urea groups is 1. The Balaban J connectivity index is 1.59. The molecule has 1 aromatic rings. The molecule has 20 heavy (non-hydrogen) atoms. The molecule has 1 N–H and O–H groups in total. The van der Waals surface area contributed by atoms with Gasteiger partial charge in [-0.25, -0.2) is 4.79 Å². The summed E-state index contributed by atoms with van der Waals surface area (Å²) in [5.74, 6) is -0.120. The average molecular weight is 273 g/mol. The second-order valence-electron chi connectivity index (χ2n) is 5.43. The third-order valence-corrected chi connectivity index (χ3v) is 4.07. The minimum absolute atomic E-state index is 0.120. The van der Waals surface area contributed by atoms with Crippen molar-refractivity contribution in [3.8, 4) is 0 Å². The maximum absolute atomic E-state index is 11.5. The largest absolute Gasteiger partial charge is 0.368 e. The van der Waals surface area contributed by atoms with E-state index in [1.807, 2.05) is 0 Å². The number of imide groups is 1. The second kappa shape index (κ2) is 5.15. The standard InChI is InChI=1S/C15H19N3O2/c1-11-9-12-5-2-3-6-13(12)17(11)7-4-8-18-14(19)10-16-15(18)20/h2-3,5-6,11H,4,7-10H2,1H3,(H,16,20)/t11-/m1/s1. The number of fused-ring (bicyclic) bond motifs is 1. The van der Waals surface area contributed by atoms with Gasteiger partial charge in [0.25, 0.3) is 0 Å². The molecule has 1 fully saturated rings. The van der Waals surface area contributed by atoms with E-state index in [9.17, 15) is 9.59 Å². The van der Waals surface area contributed by atoms with Crippen LogP contribution in [0.15, 0.2) is 24.3 Å². The summed E-state index contributed by atoms with van der Waals surface area (Å²) in [5, 5.41) is 2.55. The van der Waals surface area contributed by atoms with Gasteiger partial charge in [-0.05, 0) is 31.4 Å². The molecule has 0 aliphatic carbocycles. The van der Waals surface area contributed by atoms with Crippen molar-refractivity contribution in [1.82, 2.24) is 10.2 Å². The van der Waals surface area contributed by atoms with Gasteiger partial charge in [0.05, 0.1) is 6.54 Å². The smallest absolute Gasteiger partial charge is 0.324 e. The Morgan fingerprint density at radius 2 is 2.05 bits per heavy atom. The van der Waals surface area contributed by atoms with E-state index in [1.54, 1.807) is 0 Å². The molecule has 0 saturated carbocycles. The topological polar surface area (TPSA) is 52.6 Å². The van der Waals surface area contributed by atoms with Crippen LogP contribution >= 0.6 is 0 Å². The molecule has 0 spiro atoms. The molecule has 2 aliphatic rings. The van der Waals surface area contributed by atoms with Crippen molar-refractivity contribution >= 4 is 17.6 Å². The van der Waals surface area contributed by atoms with E-state index in [-0.39, 0.29) is 18.5 Å². The van der Waals surface area contributed by atoms with Crippen molar-refractivity contribution < 1.29 is 9.59 Å². The molecule has 106 valence electrons. The van der Waals surface area contributed by atoms with E-state index in [1.165, 1.54) is 16.2 Å². The number of anilines is 1. The van der Waals surface area contributed by atoms with E-state index in [4.69, 9.17) is 0 Å². The van der Waals surface area contributed by atoms with Crippen LogP contribution in [-0.2, 0) is 11.2 Å². The lowest BCUT2D eigenvalue weighted by molar-refractivity contribution is -0.125. The van der Waals surface area contributed by atoms with Gasteiger partial charge in [-0.3, -0.25) is 9.69 Å².